The third kappa shape index (κ3) is 6.16. The lowest BCUT2D eigenvalue weighted by molar-refractivity contribution is -0.137. The Kier molecular flexibility index (Phi) is 7.15. The summed E-state index contributed by atoms with van der Waals surface area (Å²) in [7, 11) is 1.72. The van der Waals surface area contributed by atoms with E-state index in [0.29, 0.717) is 25.1 Å². The molecule has 0 aliphatic carbocycles. The van der Waals surface area contributed by atoms with E-state index in [-0.39, 0.29) is 29.0 Å². The van der Waals surface area contributed by atoms with E-state index in [1.807, 2.05) is 0 Å². The summed E-state index contributed by atoms with van der Waals surface area (Å²) in [6.45, 7) is 4.32. The standard InChI is InChI=1S/C22H27F3N4O2/c1-15(30)19-12-20(27-26-19)21(31)28(2)13-17-6-4-9-29(14-17)10-8-16-5-3-7-18(11-16)22(23,24)25/h3,5,7,11-12,17H,4,6,8-10,13-14H2,1-2H3,(H,26,27)/t17-/m0/s1. The molecule has 0 saturated carbocycles. The van der Waals surface area contributed by atoms with Crippen LogP contribution in [0.3, 0.4) is 0 Å². The number of nitrogens with one attached hydrogen (secondary N) is 1. The summed E-state index contributed by atoms with van der Waals surface area (Å²) in [5.74, 6) is -0.151. The highest BCUT2D eigenvalue weighted by Gasteiger charge is 2.30. The van der Waals surface area contributed by atoms with E-state index in [4.69, 9.17) is 0 Å². The smallest absolute Gasteiger partial charge is 0.340 e. The van der Waals surface area contributed by atoms with Gasteiger partial charge in [0.2, 0.25) is 0 Å². The minimum absolute atomic E-state index is 0.207. The number of carbonyl (C=O) groups excluding carboxylic acids is 2. The van der Waals surface area contributed by atoms with Gasteiger partial charge in [-0.25, -0.2) is 0 Å². The van der Waals surface area contributed by atoms with Gasteiger partial charge in [-0.2, -0.15) is 18.3 Å². The first-order chi connectivity index (χ1) is 14.6. The summed E-state index contributed by atoms with van der Waals surface area (Å²) in [5.41, 5.74) is 0.568. The Morgan fingerprint density at radius 2 is 2.06 bits per heavy atom. The van der Waals surface area contributed by atoms with E-state index in [1.165, 1.54) is 25.1 Å². The van der Waals surface area contributed by atoms with Crippen molar-refractivity contribution in [1.82, 2.24) is 20.0 Å². The molecule has 1 amide bonds. The molecule has 2 heterocycles. The number of aromatic amines is 1. The van der Waals surface area contributed by atoms with Crippen molar-refractivity contribution in [2.24, 2.45) is 5.92 Å². The van der Waals surface area contributed by atoms with Crippen LogP contribution in [0.2, 0.25) is 0 Å². The summed E-state index contributed by atoms with van der Waals surface area (Å²) < 4.78 is 38.7. The molecule has 168 valence electrons. The van der Waals surface area contributed by atoms with Crippen LogP contribution in [0.1, 0.15) is 51.9 Å². The molecule has 3 rings (SSSR count). The van der Waals surface area contributed by atoms with E-state index in [1.54, 1.807) is 18.0 Å². The van der Waals surface area contributed by atoms with Gasteiger partial charge >= 0.3 is 6.18 Å². The summed E-state index contributed by atoms with van der Waals surface area (Å²) in [4.78, 5) is 27.8. The van der Waals surface area contributed by atoms with Gasteiger partial charge in [-0.1, -0.05) is 18.2 Å². The molecule has 0 spiro atoms. The predicted octanol–water partition coefficient (Wildman–Crippen LogP) is 3.66. The largest absolute Gasteiger partial charge is 0.416 e. The lowest BCUT2D eigenvalue weighted by Crippen LogP contribution is -2.42. The first kappa shape index (κ1) is 23.0. The number of hydrogen-bond donors (Lipinski definition) is 1. The summed E-state index contributed by atoms with van der Waals surface area (Å²) in [6.07, 6.45) is -1.82. The van der Waals surface area contributed by atoms with Gasteiger partial charge in [-0.15, -0.1) is 0 Å². The second-order valence-electron chi connectivity index (χ2n) is 8.17. The monoisotopic (exact) mass is 436 g/mol. The number of piperidine rings is 1. The van der Waals surface area contributed by atoms with Crippen LogP contribution in [0, 0.1) is 5.92 Å². The second kappa shape index (κ2) is 9.64. The molecule has 1 saturated heterocycles. The Labute approximate surface area is 179 Å². The molecule has 2 aromatic rings. The zero-order chi connectivity index (χ0) is 22.6. The second-order valence-corrected chi connectivity index (χ2v) is 8.17. The highest BCUT2D eigenvalue weighted by molar-refractivity contribution is 5.97. The van der Waals surface area contributed by atoms with Crippen molar-refractivity contribution >= 4 is 11.7 Å². The molecular weight excluding hydrogens is 409 g/mol. The molecular formula is C22H27F3N4O2. The molecule has 1 atom stereocenters. The van der Waals surface area contributed by atoms with E-state index < -0.39 is 11.7 Å². The van der Waals surface area contributed by atoms with Gasteiger partial charge in [0.15, 0.2) is 5.78 Å². The maximum Gasteiger partial charge on any atom is 0.416 e. The van der Waals surface area contributed by atoms with Crippen molar-refractivity contribution in [3.63, 3.8) is 0 Å². The SMILES string of the molecule is CC(=O)c1cc(C(=O)N(C)C[C@@H]2CCCN(CCc3cccc(C(F)(F)F)c3)C2)[nH]n1. The molecule has 1 fully saturated rings. The number of nitrogens with zero attached hydrogens (tertiary/aromatic N) is 3. The molecule has 1 N–H and O–H groups in total. The van der Waals surface area contributed by atoms with Gasteiger partial charge in [0, 0.05) is 33.6 Å². The Morgan fingerprint density at radius 1 is 1.29 bits per heavy atom. The van der Waals surface area contributed by atoms with E-state index >= 15 is 0 Å². The summed E-state index contributed by atoms with van der Waals surface area (Å²) >= 11 is 0. The Morgan fingerprint density at radius 3 is 2.74 bits per heavy atom. The van der Waals surface area contributed by atoms with Gasteiger partial charge < -0.3 is 9.80 Å². The van der Waals surface area contributed by atoms with Crippen LogP contribution in [0.5, 0.6) is 0 Å². The number of hydrogen-bond acceptors (Lipinski definition) is 4. The highest BCUT2D eigenvalue weighted by Crippen LogP contribution is 2.29. The van der Waals surface area contributed by atoms with Crippen LogP contribution in [0.25, 0.3) is 0 Å². The molecule has 1 aliphatic rings. The fourth-order valence-corrected chi connectivity index (χ4v) is 3.98. The van der Waals surface area contributed by atoms with Gasteiger partial charge in [0.05, 0.1) is 5.56 Å². The molecule has 0 bridgehead atoms. The van der Waals surface area contributed by atoms with Crippen molar-refractivity contribution in [3.8, 4) is 0 Å². The average Bonchev–Trinajstić information content (AvgIpc) is 3.22. The molecule has 31 heavy (non-hydrogen) atoms. The number of ketones is 1. The molecule has 9 heteroatoms. The first-order valence-corrected chi connectivity index (χ1v) is 10.3. The highest BCUT2D eigenvalue weighted by atomic mass is 19.4. The Hall–Kier alpha value is -2.68. The van der Waals surface area contributed by atoms with E-state index in [9.17, 15) is 22.8 Å². The minimum Gasteiger partial charge on any atom is -0.340 e. The van der Waals surface area contributed by atoms with E-state index in [0.717, 1.165) is 32.0 Å². The maximum atomic E-state index is 12.9. The van der Waals surface area contributed by atoms with Crippen LogP contribution in [0.4, 0.5) is 13.2 Å². The quantitative estimate of drug-likeness (QED) is 0.673. The van der Waals surface area contributed by atoms with Crippen molar-refractivity contribution < 1.29 is 22.8 Å². The molecule has 6 nitrogen and oxygen atoms in total. The van der Waals surface area contributed by atoms with Gasteiger partial charge in [-0.3, -0.25) is 14.7 Å². The molecule has 0 unspecified atom stereocenters. The summed E-state index contributed by atoms with van der Waals surface area (Å²) in [6, 6.07) is 6.94. The van der Waals surface area contributed by atoms with Gasteiger partial charge in [0.1, 0.15) is 11.4 Å². The fraction of sp³-hybridized carbons (Fsp3) is 0.500. The van der Waals surface area contributed by atoms with Gasteiger partial charge in [-0.05, 0) is 49.4 Å². The van der Waals surface area contributed by atoms with Crippen LogP contribution in [0.15, 0.2) is 30.3 Å². The zero-order valence-electron chi connectivity index (χ0n) is 17.7. The van der Waals surface area contributed by atoms with Crippen LogP contribution in [-0.2, 0) is 12.6 Å². The van der Waals surface area contributed by atoms with Crippen molar-refractivity contribution in [1.29, 1.82) is 0 Å². The number of benzene rings is 1. The van der Waals surface area contributed by atoms with Crippen LogP contribution < -0.4 is 0 Å². The number of carbonyl (C=O) groups is 2. The number of amides is 1. The lowest BCUT2D eigenvalue weighted by Gasteiger charge is -2.34. The fourth-order valence-electron chi connectivity index (χ4n) is 3.98. The number of rotatable bonds is 7. The normalized spacial score (nSPS) is 17.5. The number of halogens is 3. The summed E-state index contributed by atoms with van der Waals surface area (Å²) in [5, 5.41) is 6.47. The molecule has 1 aliphatic heterocycles. The lowest BCUT2D eigenvalue weighted by atomic mass is 9.96. The molecule has 0 radical (unpaired) electrons. The maximum absolute atomic E-state index is 12.9. The predicted molar refractivity (Wildman–Crippen MR) is 110 cm³/mol. The third-order valence-electron chi connectivity index (χ3n) is 5.62. The minimum atomic E-state index is -4.33. The van der Waals surface area contributed by atoms with E-state index in [2.05, 4.69) is 15.1 Å². The number of H-pyrrole nitrogens is 1. The van der Waals surface area contributed by atoms with Crippen molar-refractivity contribution in [2.75, 3.05) is 33.2 Å². The Balaban J connectivity index is 1.52. The molecule has 1 aromatic heterocycles. The number of Topliss-reactive ketones (excluding diaryl/α,β-unsaturated/α-hetero) is 1. The topological polar surface area (TPSA) is 69.3 Å². The van der Waals surface area contributed by atoms with Gasteiger partial charge in [0.25, 0.3) is 5.91 Å². The first-order valence-electron chi connectivity index (χ1n) is 10.3. The number of likely N-dealkylation sites (tertiary alicyclic amines) is 1. The van der Waals surface area contributed by atoms with Crippen molar-refractivity contribution in [2.45, 2.75) is 32.4 Å². The van der Waals surface area contributed by atoms with Crippen LogP contribution >= 0.6 is 0 Å². The number of alkyl halides is 3. The van der Waals surface area contributed by atoms with Crippen molar-refractivity contribution in [3.05, 3.63) is 52.8 Å². The Bertz CT molecular complexity index is 925. The molecule has 1 aromatic carbocycles. The zero-order valence-corrected chi connectivity index (χ0v) is 17.7. The average molecular weight is 436 g/mol. The number of aromatic nitrogens is 2. The van der Waals surface area contributed by atoms with Crippen LogP contribution in [-0.4, -0.2) is 64.9 Å². The third-order valence-corrected chi connectivity index (χ3v) is 5.62.